The number of halogens is 1. The van der Waals surface area contributed by atoms with Gasteiger partial charge in [-0.05, 0) is 29.8 Å². The van der Waals surface area contributed by atoms with Crippen molar-refractivity contribution in [1.29, 1.82) is 5.26 Å². The number of hydrogen-bond acceptors (Lipinski definition) is 5. The summed E-state index contributed by atoms with van der Waals surface area (Å²) < 4.78 is 19.3. The van der Waals surface area contributed by atoms with Crippen molar-refractivity contribution >= 4 is 0 Å². The van der Waals surface area contributed by atoms with Crippen molar-refractivity contribution in [2.75, 3.05) is 0 Å². The standard InChI is InChI=1S/C18H12FN5O/c19-11-5-3-4-10(8-11)14-12(9-20)17(21)25-18-15(14)16(23-24-18)13-6-1-2-7-22-13/h1-8,14H,21H2,(H,23,24). The van der Waals surface area contributed by atoms with Crippen molar-refractivity contribution in [2.45, 2.75) is 5.92 Å². The Bertz CT molecular complexity index is 1020. The average Bonchev–Trinajstić information content (AvgIpc) is 3.04. The van der Waals surface area contributed by atoms with Gasteiger partial charge in [-0.25, -0.2) is 4.39 Å². The maximum Gasteiger partial charge on any atom is 0.244 e. The number of nitrogens with zero attached hydrogens (tertiary/aromatic N) is 3. The fraction of sp³-hybridized carbons (Fsp3) is 0.0556. The number of fused-ring (bicyclic) bond motifs is 1. The van der Waals surface area contributed by atoms with E-state index in [-0.39, 0.29) is 17.3 Å². The van der Waals surface area contributed by atoms with Gasteiger partial charge in [0.25, 0.3) is 0 Å². The minimum atomic E-state index is -0.597. The molecule has 25 heavy (non-hydrogen) atoms. The zero-order valence-corrected chi connectivity index (χ0v) is 12.9. The largest absolute Gasteiger partial charge is 0.420 e. The van der Waals surface area contributed by atoms with E-state index in [4.69, 9.17) is 10.5 Å². The second-order valence-electron chi connectivity index (χ2n) is 5.51. The summed E-state index contributed by atoms with van der Waals surface area (Å²) in [6.07, 6.45) is 1.65. The molecule has 0 saturated heterocycles. The molecule has 3 aromatic rings. The van der Waals surface area contributed by atoms with Gasteiger partial charge in [0.05, 0.1) is 22.9 Å². The van der Waals surface area contributed by atoms with E-state index in [0.29, 0.717) is 22.5 Å². The van der Waals surface area contributed by atoms with Gasteiger partial charge in [0.1, 0.15) is 17.5 Å². The summed E-state index contributed by atoms with van der Waals surface area (Å²) in [5, 5.41) is 16.6. The first-order chi connectivity index (χ1) is 12.2. The third-order valence-corrected chi connectivity index (χ3v) is 4.04. The topological polar surface area (TPSA) is 101 Å². The minimum Gasteiger partial charge on any atom is -0.420 e. The molecule has 3 N–H and O–H groups in total. The fourth-order valence-electron chi connectivity index (χ4n) is 2.97. The number of H-pyrrole nitrogens is 1. The maximum absolute atomic E-state index is 13.8. The molecule has 1 unspecified atom stereocenters. The number of nitrogens with two attached hydrogens (primary N) is 1. The van der Waals surface area contributed by atoms with Crippen LogP contribution in [-0.2, 0) is 0 Å². The van der Waals surface area contributed by atoms with E-state index in [0.717, 1.165) is 0 Å². The van der Waals surface area contributed by atoms with Crippen LogP contribution in [0.2, 0.25) is 0 Å². The molecule has 0 fully saturated rings. The molecule has 0 bridgehead atoms. The van der Waals surface area contributed by atoms with Gasteiger partial charge in [-0.1, -0.05) is 18.2 Å². The first-order valence-corrected chi connectivity index (χ1v) is 7.51. The number of ether oxygens (including phenoxy) is 1. The number of allylic oxidation sites excluding steroid dienone is 1. The van der Waals surface area contributed by atoms with Crippen LogP contribution in [0.1, 0.15) is 17.0 Å². The van der Waals surface area contributed by atoms with Crippen LogP contribution in [0.3, 0.4) is 0 Å². The molecule has 1 aromatic carbocycles. The van der Waals surface area contributed by atoms with Crippen LogP contribution >= 0.6 is 0 Å². The number of nitrogens with one attached hydrogen (secondary N) is 1. The Balaban J connectivity index is 1.97. The highest BCUT2D eigenvalue weighted by Crippen LogP contribution is 2.45. The Morgan fingerprint density at radius 3 is 2.84 bits per heavy atom. The van der Waals surface area contributed by atoms with Gasteiger partial charge in [-0.2, -0.15) is 5.26 Å². The summed E-state index contributed by atoms with van der Waals surface area (Å²) in [6, 6.07) is 13.6. The van der Waals surface area contributed by atoms with Crippen LogP contribution in [0, 0.1) is 17.1 Å². The van der Waals surface area contributed by atoms with Crippen LogP contribution in [0.5, 0.6) is 5.88 Å². The number of nitriles is 1. The SMILES string of the molecule is N#CC1=C(N)Oc2n[nH]c(-c3ccccn3)c2C1c1cccc(F)c1. The number of aromatic nitrogens is 3. The van der Waals surface area contributed by atoms with Crippen molar-refractivity contribution in [1.82, 2.24) is 15.2 Å². The number of rotatable bonds is 2. The van der Waals surface area contributed by atoms with E-state index in [1.807, 2.05) is 12.1 Å². The van der Waals surface area contributed by atoms with Gasteiger partial charge in [-0.3, -0.25) is 10.1 Å². The van der Waals surface area contributed by atoms with Gasteiger partial charge in [0, 0.05) is 6.20 Å². The molecule has 2 aromatic heterocycles. The van der Waals surface area contributed by atoms with Crippen molar-refractivity contribution in [3.63, 3.8) is 0 Å². The molecule has 0 spiro atoms. The summed E-state index contributed by atoms with van der Waals surface area (Å²) in [5.74, 6) is -0.778. The molecular formula is C18H12FN5O. The molecular weight excluding hydrogens is 321 g/mol. The smallest absolute Gasteiger partial charge is 0.244 e. The summed E-state index contributed by atoms with van der Waals surface area (Å²) in [4.78, 5) is 4.31. The summed E-state index contributed by atoms with van der Waals surface area (Å²) >= 11 is 0. The normalized spacial score (nSPS) is 16.1. The lowest BCUT2D eigenvalue weighted by Crippen LogP contribution is -2.21. The lowest BCUT2D eigenvalue weighted by Gasteiger charge is -2.24. The van der Waals surface area contributed by atoms with Crippen LogP contribution < -0.4 is 10.5 Å². The van der Waals surface area contributed by atoms with Crippen molar-refractivity contribution in [3.05, 3.63) is 77.1 Å². The molecule has 1 atom stereocenters. The molecule has 4 rings (SSSR count). The predicted octanol–water partition coefficient (Wildman–Crippen LogP) is 2.83. The molecule has 7 heteroatoms. The molecule has 1 aliphatic heterocycles. The lowest BCUT2D eigenvalue weighted by atomic mass is 9.83. The van der Waals surface area contributed by atoms with Crippen molar-refractivity contribution in [3.8, 4) is 23.3 Å². The van der Waals surface area contributed by atoms with Crippen LogP contribution in [-0.4, -0.2) is 15.2 Å². The van der Waals surface area contributed by atoms with Crippen LogP contribution in [0.15, 0.2) is 60.1 Å². The Morgan fingerprint density at radius 1 is 1.24 bits per heavy atom. The van der Waals surface area contributed by atoms with Gasteiger partial charge in [0.2, 0.25) is 11.8 Å². The van der Waals surface area contributed by atoms with Crippen molar-refractivity contribution < 1.29 is 9.13 Å². The second kappa shape index (κ2) is 5.76. The Hall–Kier alpha value is -3.66. The highest BCUT2D eigenvalue weighted by atomic mass is 19.1. The summed E-state index contributed by atoms with van der Waals surface area (Å²) in [7, 11) is 0. The van der Waals surface area contributed by atoms with E-state index in [1.165, 1.54) is 12.1 Å². The lowest BCUT2D eigenvalue weighted by molar-refractivity contribution is 0.379. The van der Waals surface area contributed by atoms with E-state index in [9.17, 15) is 9.65 Å². The van der Waals surface area contributed by atoms with Crippen LogP contribution in [0.4, 0.5) is 4.39 Å². The van der Waals surface area contributed by atoms with E-state index < -0.39 is 11.7 Å². The zero-order valence-electron chi connectivity index (χ0n) is 12.9. The monoisotopic (exact) mass is 333 g/mol. The highest BCUT2D eigenvalue weighted by molar-refractivity contribution is 5.68. The number of aromatic amines is 1. The zero-order chi connectivity index (χ0) is 17.4. The quantitative estimate of drug-likeness (QED) is 0.751. The Kier molecular flexibility index (Phi) is 3.43. The third kappa shape index (κ3) is 2.40. The van der Waals surface area contributed by atoms with Crippen LogP contribution in [0.25, 0.3) is 11.4 Å². The van der Waals surface area contributed by atoms with Gasteiger partial charge < -0.3 is 10.5 Å². The number of pyridine rings is 1. The Labute approximate surface area is 142 Å². The average molecular weight is 333 g/mol. The summed E-state index contributed by atoms with van der Waals surface area (Å²) in [6.45, 7) is 0. The van der Waals surface area contributed by atoms with E-state index in [2.05, 4.69) is 21.3 Å². The van der Waals surface area contributed by atoms with Crippen molar-refractivity contribution in [2.24, 2.45) is 5.73 Å². The molecule has 3 heterocycles. The molecule has 6 nitrogen and oxygen atoms in total. The molecule has 122 valence electrons. The van der Waals surface area contributed by atoms with Gasteiger partial charge >= 0.3 is 0 Å². The maximum atomic E-state index is 13.8. The second-order valence-corrected chi connectivity index (χ2v) is 5.51. The molecule has 0 saturated carbocycles. The fourth-order valence-corrected chi connectivity index (χ4v) is 2.97. The molecule has 0 aliphatic carbocycles. The number of benzene rings is 1. The van der Waals surface area contributed by atoms with Gasteiger partial charge in [-0.15, -0.1) is 5.10 Å². The van der Waals surface area contributed by atoms with E-state index >= 15 is 0 Å². The predicted molar refractivity (Wildman–Crippen MR) is 87.5 cm³/mol. The summed E-state index contributed by atoms with van der Waals surface area (Å²) in [5.41, 5.74) is 8.53. The Morgan fingerprint density at radius 2 is 2.12 bits per heavy atom. The third-order valence-electron chi connectivity index (χ3n) is 4.04. The molecule has 1 aliphatic rings. The first-order valence-electron chi connectivity index (χ1n) is 7.51. The van der Waals surface area contributed by atoms with Gasteiger partial charge in [0.15, 0.2) is 0 Å². The highest BCUT2D eigenvalue weighted by Gasteiger charge is 2.35. The minimum absolute atomic E-state index is 0.0386. The number of hydrogen-bond donors (Lipinski definition) is 2. The molecule has 0 radical (unpaired) electrons. The molecule has 0 amide bonds. The van der Waals surface area contributed by atoms with E-state index in [1.54, 1.807) is 24.4 Å². The first kappa shape index (κ1) is 14.9.